The third-order valence-electron chi connectivity index (χ3n) is 17.3. The first-order valence-corrected chi connectivity index (χ1v) is 30.5. The van der Waals surface area contributed by atoms with Crippen LogP contribution >= 0.6 is 22.7 Å². The van der Waals surface area contributed by atoms with Gasteiger partial charge in [0.25, 0.3) is 6.71 Å². The minimum atomic E-state index is -0.0964. The molecule has 0 fully saturated rings. The van der Waals surface area contributed by atoms with Crippen LogP contribution in [0.4, 0.5) is 34.1 Å². The van der Waals surface area contributed by atoms with Crippen molar-refractivity contribution in [1.29, 1.82) is 0 Å². The van der Waals surface area contributed by atoms with E-state index in [9.17, 15) is 0 Å². The molecular weight excluding hydrogens is 1070 g/mol. The summed E-state index contributed by atoms with van der Waals surface area (Å²) in [6.45, 7) is 16.1. The fourth-order valence-electron chi connectivity index (χ4n) is 13.1. The Kier molecular flexibility index (Phi) is 10.5. The molecule has 0 saturated heterocycles. The molecule has 404 valence electrons. The lowest BCUT2D eigenvalue weighted by atomic mass is 9.39. The van der Waals surface area contributed by atoms with Crippen molar-refractivity contribution in [2.45, 2.75) is 59.3 Å². The SMILES string of the molecule is Cc1cc2c3c(c1)N(c1cc(-c4cc5ccccc5o4)cc(-c4cc5ccccc5o4)c1)c1c(sc4ccc(C(C)(C)C)cc14)B3c1sc3ccc(C(C)(C)C)cc3c1N2c1cc(-c2cc3ccccc3o2)cc(-c2cc3ccccc3o2)c1. The van der Waals surface area contributed by atoms with Gasteiger partial charge < -0.3 is 27.5 Å². The van der Waals surface area contributed by atoms with Gasteiger partial charge in [0.1, 0.15) is 45.4 Å². The van der Waals surface area contributed by atoms with Crippen LogP contribution in [0, 0.1) is 6.92 Å². The highest BCUT2D eigenvalue weighted by Gasteiger charge is 2.48. The Morgan fingerprint density at radius 3 is 1.02 bits per heavy atom. The van der Waals surface area contributed by atoms with Crippen LogP contribution in [0.25, 0.3) is 109 Å². The summed E-state index contributed by atoms with van der Waals surface area (Å²) in [6.07, 6.45) is 0. The topological polar surface area (TPSA) is 59.0 Å². The average Bonchev–Trinajstić information content (AvgIpc) is 1.93. The number of hydrogen-bond donors (Lipinski definition) is 0. The van der Waals surface area contributed by atoms with Crippen molar-refractivity contribution in [3.8, 4) is 45.3 Å². The maximum atomic E-state index is 6.79. The van der Waals surface area contributed by atoms with Crippen LogP contribution < -0.4 is 24.8 Å². The van der Waals surface area contributed by atoms with Gasteiger partial charge in [0.2, 0.25) is 0 Å². The lowest BCUT2D eigenvalue weighted by Gasteiger charge is -2.42. The highest BCUT2D eigenvalue weighted by atomic mass is 32.1. The van der Waals surface area contributed by atoms with Crippen molar-refractivity contribution in [3.63, 3.8) is 0 Å². The predicted octanol–water partition coefficient (Wildman–Crippen LogP) is 20.8. The molecule has 15 aromatic rings. The summed E-state index contributed by atoms with van der Waals surface area (Å²) in [7, 11) is 0. The van der Waals surface area contributed by atoms with Crippen molar-refractivity contribution < 1.29 is 17.7 Å². The Bertz CT molecular complexity index is 4600. The lowest BCUT2D eigenvalue weighted by molar-refractivity contribution is 0.591. The molecule has 6 aromatic heterocycles. The first-order chi connectivity index (χ1) is 40.7. The normalized spacial score (nSPS) is 13.3. The minimum absolute atomic E-state index is 0.0906. The van der Waals surface area contributed by atoms with Crippen LogP contribution in [0.3, 0.4) is 0 Å². The molecule has 0 spiro atoms. The maximum Gasteiger partial charge on any atom is 0.277 e. The van der Waals surface area contributed by atoms with E-state index < -0.39 is 0 Å². The molecule has 84 heavy (non-hydrogen) atoms. The van der Waals surface area contributed by atoms with Gasteiger partial charge in [-0.05, 0) is 161 Å². The third kappa shape index (κ3) is 7.68. The molecule has 0 amide bonds. The highest BCUT2D eigenvalue weighted by Crippen LogP contribution is 2.53. The van der Waals surface area contributed by atoms with Crippen LogP contribution in [-0.4, -0.2) is 6.71 Å². The molecule has 0 bridgehead atoms. The second-order valence-electron chi connectivity index (χ2n) is 25.0. The number of aryl methyl sites for hydroxylation is 1. The van der Waals surface area contributed by atoms with Gasteiger partial charge in [-0.1, -0.05) is 126 Å². The number of para-hydroxylation sites is 4. The average molecular weight is 1120 g/mol. The zero-order valence-corrected chi connectivity index (χ0v) is 49.2. The van der Waals surface area contributed by atoms with E-state index >= 15 is 0 Å². The summed E-state index contributed by atoms with van der Waals surface area (Å²) in [5, 5.41) is 6.70. The molecule has 0 atom stereocenters. The number of anilines is 6. The molecule has 17 rings (SSSR count). The molecule has 0 unspecified atom stereocenters. The van der Waals surface area contributed by atoms with Crippen molar-refractivity contribution >= 4 is 143 Å². The molecule has 0 N–H and O–H groups in total. The third-order valence-corrected chi connectivity index (χ3v) is 19.8. The summed E-state index contributed by atoms with van der Waals surface area (Å²) >= 11 is 3.87. The maximum absolute atomic E-state index is 6.79. The molecule has 6 nitrogen and oxygen atoms in total. The minimum Gasteiger partial charge on any atom is -0.456 e. The second-order valence-corrected chi connectivity index (χ2v) is 27.2. The molecule has 2 aliphatic heterocycles. The van der Waals surface area contributed by atoms with Gasteiger partial charge in [0.15, 0.2) is 0 Å². The van der Waals surface area contributed by atoms with Gasteiger partial charge in [-0.2, -0.15) is 0 Å². The number of benzene rings is 9. The number of furan rings is 4. The molecule has 2 aliphatic rings. The van der Waals surface area contributed by atoms with Gasteiger partial charge in [-0.3, -0.25) is 0 Å². The fraction of sp³-hybridized carbons (Fsp3) is 0.120. The molecular formula is C75H55BN2O4S2. The van der Waals surface area contributed by atoms with Crippen LogP contribution in [0.1, 0.15) is 58.2 Å². The molecule has 9 aromatic carbocycles. The van der Waals surface area contributed by atoms with Crippen molar-refractivity contribution in [2.75, 3.05) is 9.80 Å². The summed E-state index contributed by atoms with van der Waals surface area (Å²) in [5.41, 5.74) is 18.7. The van der Waals surface area contributed by atoms with E-state index in [1.54, 1.807) is 0 Å². The van der Waals surface area contributed by atoms with Crippen molar-refractivity contribution in [2.24, 2.45) is 0 Å². The van der Waals surface area contributed by atoms with Crippen molar-refractivity contribution in [1.82, 2.24) is 0 Å². The Morgan fingerprint density at radius 1 is 0.369 bits per heavy atom. The Balaban J connectivity index is 0.982. The Hall–Kier alpha value is -9.28. The smallest absolute Gasteiger partial charge is 0.277 e. The zero-order valence-electron chi connectivity index (χ0n) is 47.6. The van der Waals surface area contributed by atoms with Crippen LogP contribution in [0.5, 0.6) is 0 Å². The van der Waals surface area contributed by atoms with Gasteiger partial charge in [0.05, 0.1) is 11.4 Å². The van der Waals surface area contributed by atoms with Gasteiger partial charge in [-0.25, -0.2) is 0 Å². The Labute approximate surface area is 494 Å². The van der Waals surface area contributed by atoms with E-state index in [1.165, 1.54) is 57.7 Å². The number of thiophene rings is 2. The highest BCUT2D eigenvalue weighted by molar-refractivity contribution is 7.40. The van der Waals surface area contributed by atoms with E-state index in [2.05, 4.69) is 216 Å². The standard InChI is InChI=1S/C75H55BN2O4S2/c1-42-28-57-69-58(29-42)78(54-34-49(65-38-45-18-10-14-22-61(45)81-65)31-50(35-54)66-39-46-19-11-15-23-62(46)82-66)71-56-41-52(75(5,6)7)25-27-68(56)84-73(71)76(69)72-70(55-40-51(74(2,3)4)24-26-67(55)83-72)77(57)53-32-47(63-36-43-16-8-12-20-59(43)79-63)30-48(33-53)64-37-44-17-9-13-21-60(44)80-64/h8-41H,1-7H3. The number of fused-ring (bicyclic) bond motifs is 12. The molecule has 9 heteroatoms. The van der Waals surface area contributed by atoms with Crippen LogP contribution in [0.2, 0.25) is 0 Å². The van der Waals surface area contributed by atoms with E-state index in [1.807, 2.05) is 71.2 Å². The summed E-state index contributed by atoms with van der Waals surface area (Å²) in [4.78, 5) is 5.17. The molecule has 8 heterocycles. The number of rotatable bonds is 6. The number of hydrogen-bond acceptors (Lipinski definition) is 8. The first-order valence-electron chi connectivity index (χ1n) is 28.9. The van der Waals surface area contributed by atoms with Gasteiger partial charge in [-0.15, -0.1) is 22.7 Å². The zero-order chi connectivity index (χ0) is 56.5. The molecule has 0 saturated carbocycles. The van der Waals surface area contributed by atoms with E-state index in [0.29, 0.717) is 0 Å². The quantitative estimate of drug-likeness (QED) is 0.155. The predicted molar refractivity (Wildman–Crippen MR) is 354 cm³/mol. The largest absolute Gasteiger partial charge is 0.456 e. The van der Waals surface area contributed by atoms with Crippen LogP contribution in [0.15, 0.2) is 224 Å². The summed E-state index contributed by atoms with van der Waals surface area (Å²) < 4.78 is 32.3. The second kappa shape index (κ2) is 17.9. The van der Waals surface area contributed by atoms with E-state index in [0.717, 1.165) is 117 Å². The Morgan fingerprint density at radius 2 is 0.702 bits per heavy atom. The van der Waals surface area contributed by atoms with Crippen molar-refractivity contribution in [3.05, 3.63) is 223 Å². The molecule has 0 aliphatic carbocycles. The number of nitrogens with zero attached hydrogens (tertiary/aromatic N) is 2. The first kappa shape index (κ1) is 49.3. The fourth-order valence-corrected chi connectivity index (χ4v) is 15.8. The van der Waals surface area contributed by atoms with Crippen LogP contribution in [-0.2, 0) is 10.8 Å². The lowest BCUT2D eigenvalue weighted by Crippen LogP contribution is -2.59. The molecule has 0 radical (unpaired) electrons. The summed E-state index contributed by atoms with van der Waals surface area (Å²) in [6, 6.07) is 74.8. The monoisotopic (exact) mass is 1120 g/mol. The van der Waals surface area contributed by atoms with E-state index in [-0.39, 0.29) is 17.5 Å². The van der Waals surface area contributed by atoms with Gasteiger partial charge in [0, 0.05) is 96.3 Å². The van der Waals surface area contributed by atoms with Gasteiger partial charge >= 0.3 is 0 Å². The van der Waals surface area contributed by atoms with E-state index in [4.69, 9.17) is 17.7 Å². The summed E-state index contributed by atoms with van der Waals surface area (Å²) in [5.74, 6) is 3.18.